The van der Waals surface area contributed by atoms with E-state index in [9.17, 15) is 9.59 Å². The number of amides is 1. The van der Waals surface area contributed by atoms with E-state index in [-0.39, 0.29) is 5.69 Å². The number of anilines is 1. The predicted octanol–water partition coefficient (Wildman–Crippen LogP) is 4.01. The number of carbonyl (C=O) groups is 1. The summed E-state index contributed by atoms with van der Waals surface area (Å²) in [6, 6.07) is 14.3. The zero-order valence-corrected chi connectivity index (χ0v) is 15.2. The van der Waals surface area contributed by atoms with E-state index in [1.807, 2.05) is 24.3 Å². The monoisotopic (exact) mass is 367 g/mol. The van der Waals surface area contributed by atoms with Crippen molar-refractivity contribution in [2.75, 3.05) is 5.32 Å². The van der Waals surface area contributed by atoms with Crippen molar-refractivity contribution in [1.82, 2.24) is 9.78 Å². The van der Waals surface area contributed by atoms with E-state index in [1.165, 1.54) is 16.3 Å². The van der Waals surface area contributed by atoms with Crippen molar-refractivity contribution < 1.29 is 4.79 Å². The van der Waals surface area contributed by atoms with Gasteiger partial charge >= 0.3 is 0 Å². The van der Waals surface area contributed by atoms with Gasteiger partial charge in [0.05, 0.1) is 5.69 Å². The topological polar surface area (TPSA) is 64.0 Å². The third-order valence-corrected chi connectivity index (χ3v) is 4.56. The molecule has 0 spiro atoms. The van der Waals surface area contributed by atoms with E-state index < -0.39 is 11.3 Å². The lowest BCUT2D eigenvalue weighted by Gasteiger charge is -2.10. The van der Waals surface area contributed by atoms with Gasteiger partial charge < -0.3 is 5.32 Å². The Morgan fingerprint density at radius 1 is 1.15 bits per heavy atom. The molecule has 26 heavy (non-hydrogen) atoms. The molecule has 0 fully saturated rings. The summed E-state index contributed by atoms with van der Waals surface area (Å²) < 4.78 is 1.51. The molecule has 0 aliphatic rings. The number of nitrogens with zero attached hydrogens (tertiary/aromatic N) is 2. The predicted molar refractivity (Wildman–Crippen MR) is 103 cm³/mol. The number of halogens is 1. The largest absolute Gasteiger partial charge is 0.320 e. The molecule has 0 unspecified atom stereocenters. The average Bonchev–Trinajstić information content (AvgIpc) is 2.66. The summed E-state index contributed by atoms with van der Waals surface area (Å²) in [7, 11) is 0. The van der Waals surface area contributed by atoms with Crippen molar-refractivity contribution in [3.63, 3.8) is 0 Å². The van der Waals surface area contributed by atoms with Gasteiger partial charge in [-0.2, -0.15) is 5.10 Å². The van der Waals surface area contributed by atoms with E-state index in [4.69, 9.17) is 11.6 Å². The third kappa shape index (κ3) is 3.68. The summed E-state index contributed by atoms with van der Waals surface area (Å²) >= 11 is 6.07. The molecule has 3 rings (SSSR count). The van der Waals surface area contributed by atoms with E-state index in [0.717, 1.165) is 17.7 Å². The first-order chi connectivity index (χ1) is 12.5. The van der Waals surface area contributed by atoms with Crippen LogP contribution in [-0.4, -0.2) is 15.7 Å². The van der Waals surface area contributed by atoms with E-state index in [1.54, 1.807) is 31.3 Å². The van der Waals surface area contributed by atoms with Crippen LogP contribution in [0.2, 0.25) is 5.02 Å². The Bertz CT molecular complexity index is 1010. The van der Waals surface area contributed by atoms with Crippen LogP contribution >= 0.6 is 11.6 Å². The molecule has 0 saturated heterocycles. The molecule has 0 atom stereocenters. The molecule has 0 saturated carbocycles. The number of aryl methyl sites for hydroxylation is 1. The normalized spacial score (nSPS) is 10.6. The molecule has 1 heterocycles. The molecule has 3 aromatic rings. The Kier molecular flexibility index (Phi) is 5.19. The molecule has 6 heteroatoms. The van der Waals surface area contributed by atoms with Crippen LogP contribution in [0.1, 0.15) is 28.5 Å². The molecule has 0 radical (unpaired) electrons. The van der Waals surface area contributed by atoms with E-state index >= 15 is 0 Å². The number of benzene rings is 2. The first kappa shape index (κ1) is 17.9. The lowest BCUT2D eigenvalue weighted by Crippen LogP contribution is -2.25. The summed E-state index contributed by atoms with van der Waals surface area (Å²) in [5.41, 5.74) is 2.63. The fraction of sp³-hybridized carbons (Fsp3) is 0.150. The Hall–Kier alpha value is -2.92. The van der Waals surface area contributed by atoms with Gasteiger partial charge in [-0.05, 0) is 48.7 Å². The number of hydrogen-bond acceptors (Lipinski definition) is 3. The number of aromatic nitrogens is 2. The number of hydrogen-bond donors (Lipinski definition) is 1. The SMILES string of the molecule is CCc1ccc(-n2ccc(=O)c(C(=O)Nc3cccc(Cl)c3C)n2)cc1. The first-order valence-corrected chi connectivity index (χ1v) is 8.63. The molecule has 1 aromatic heterocycles. The molecule has 5 nitrogen and oxygen atoms in total. The average molecular weight is 368 g/mol. The summed E-state index contributed by atoms with van der Waals surface area (Å²) in [4.78, 5) is 24.7. The van der Waals surface area contributed by atoms with E-state index in [2.05, 4.69) is 17.3 Å². The highest BCUT2D eigenvalue weighted by molar-refractivity contribution is 6.31. The Labute approximate surface area is 156 Å². The minimum atomic E-state index is -0.570. The number of rotatable bonds is 4. The molecular formula is C20H18ClN3O2. The maximum Gasteiger partial charge on any atom is 0.280 e. The highest BCUT2D eigenvalue weighted by Crippen LogP contribution is 2.23. The highest BCUT2D eigenvalue weighted by atomic mass is 35.5. The van der Waals surface area contributed by atoms with Gasteiger partial charge in [-0.25, -0.2) is 4.68 Å². The Morgan fingerprint density at radius 2 is 1.88 bits per heavy atom. The van der Waals surface area contributed by atoms with Crippen molar-refractivity contribution in [2.45, 2.75) is 20.3 Å². The fourth-order valence-corrected chi connectivity index (χ4v) is 2.69. The second-order valence-electron chi connectivity index (χ2n) is 5.86. The van der Waals surface area contributed by atoms with Gasteiger partial charge in [-0.15, -0.1) is 0 Å². The first-order valence-electron chi connectivity index (χ1n) is 8.25. The quantitative estimate of drug-likeness (QED) is 0.757. The van der Waals surface area contributed by atoms with Crippen molar-refractivity contribution >= 4 is 23.2 Å². The smallest absolute Gasteiger partial charge is 0.280 e. The molecule has 1 N–H and O–H groups in total. The van der Waals surface area contributed by atoms with Gasteiger partial charge in [0.1, 0.15) is 0 Å². The van der Waals surface area contributed by atoms with Crippen LogP contribution in [-0.2, 0) is 6.42 Å². The third-order valence-electron chi connectivity index (χ3n) is 4.15. The van der Waals surface area contributed by atoms with Gasteiger partial charge in [0.2, 0.25) is 5.43 Å². The van der Waals surface area contributed by atoms with Gasteiger partial charge in [-0.1, -0.05) is 36.7 Å². The fourth-order valence-electron chi connectivity index (χ4n) is 2.52. The number of nitrogens with one attached hydrogen (secondary N) is 1. The molecule has 0 aliphatic carbocycles. The molecular weight excluding hydrogens is 350 g/mol. The summed E-state index contributed by atoms with van der Waals surface area (Å²) in [6.45, 7) is 3.87. The lowest BCUT2D eigenvalue weighted by molar-refractivity contribution is 0.101. The Balaban J connectivity index is 1.93. The second kappa shape index (κ2) is 7.54. The molecule has 2 aromatic carbocycles. The highest BCUT2D eigenvalue weighted by Gasteiger charge is 2.15. The maximum absolute atomic E-state index is 12.6. The molecule has 0 bridgehead atoms. The standard InChI is InChI=1S/C20H18ClN3O2/c1-3-14-7-9-15(10-8-14)24-12-11-18(25)19(23-24)20(26)22-17-6-4-5-16(21)13(17)2/h4-12H,3H2,1-2H3,(H,22,26). The van der Waals surface area contributed by atoms with Crippen molar-refractivity contribution in [3.05, 3.63) is 86.8 Å². The lowest BCUT2D eigenvalue weighted by atomic mass is 10.1. The van der Waals surface area contributed by atoms with E-state index in [0.29, 0.717) is 10.7 Å². The minimum Gasteiger partial charge on any atom is -0.320 e. The maximum atomic E-state index is 12.6. The second-order valence-corrected chi connectivity index (χ2v) is 6.27. The summed E-state index contributed by atoms with van der Waals surface area (Å²) in [5, 5.41) is 7.45. The zero-order chi connectivity index (χ0) is 18.7. The van der Waals surface area contributed by atoms with Crippen LogP contribution in [0, 0.1) is 6.92 Å². The summed E-state index contributed by atoms with van der Waals surface area (Å²) in [6.07, 6.45) is 2.48. The molecule has 0 aliphatic heterocycles. The zero-order valence-electron chi connectivity index (χ0n) is 14.5. The number of carbonyl (C=O) groups excluding carboxylic acids is 1. The van der Waals surface area contributed by atoms with Crippen LogP contribution in [0.25, 0.3) is 5.69 Å². The van der Waals surface area contributed by atoms with Crippen molar-refractivity contribution in [3.8, 4) is 5.69 Å². The Morgan fingerprint density at radius 3 is 2.58 bits per heavy atom. The van der Waals surface area contributed by atoms with Crippen molar-refractivity contribution in [2.24, 2.45) is 0 Å². The minimum absolute atomic E-state index is 0.175. The van der Waals surface area contributed by atoms with Gasteiger partial charge in [0, 0.05) is 23.0 Å². The van der Waals surface area contributed by atoms with Gasteiger partial charge in [-0.3, -0.25) is 9.59 Å². The van der Waals surface area contributed by atoms with Crippen LogP contribution in [0.3, 0.4) is 0 Å². The molecule has 132 valence electrons. The van der Waals surface area contributed by atoms with Gasteiger partial charge in [0.15, 0.2) is 5.69 Å². The van der Waals surface area contributed by atoms with Crippen LogP contribution in [0.4, 0.5) is 5.69 Å². The van der Waals surface area contributed by atoms with Crippen LogP contribution in [0.5, 0.6) is 0 Å². The summed E-state index contributed by atoms with van der Waals surface area (Å²) in [5.74, 6) is -0.570. The van der Waals surface area contributed by atoms with Crippen molar-refractivity contribution in [1.29, 1.82) is 0 Å². The van der Waals surface area contributed by atoms with Crippen LogP contribution in [0.15, 0.2) is 59.5 Å². The van der Waals surface area contributed by atoms with Crippen LogP contribution < -0.4 is 10.7 Å². The van der Waals surface area contributed by atoms with Gasteiger partial charge in [0.25, 0.3) is 5.91 Å². The molecule has 1 amide bonds.